The van der Waals surface area contributed by atoms with E-state index < -0.39 is 16.0 Å². The van der Waals surface area contributed by atoms with Crippen LogP contribution in [0.2, 0.25) is 0 Å². The van der Waals surface area contributed by atoms with Crippen LogP contribution < -0.4 is 10.5 Å². The Labute approximate surface area is 99.8 Å². The van der Waals surface area contributed by atoms with Gasteiger partial charge in [-0.1, -0.05) is 6.92 Å². The lowest BCUT2D eigenvalue weighted by Gasteiger charge is -2.08. The zero-order valence-corrected chi connectivity index (χ0v) is 10.4. The molecule has 0 aliphatic heterocycles. The molecule has 0 bridgehead atoms. The molecule has 0 amide bonds. The van der Waals surface area contributed by atoms with E-state index in [1.54, 1.807) is 6.92 Å². The molecule has 1 rings (SSSR count). The highest BCUT2D eigenvalue weighted by atomic mass is 32.2. The summed E-state index contributed by atoms with van der Waals surface area (Å²) in [6.45, 7) is 1.93. The van der Waals surface area contributed by atoms with Crippen molar-refractivity contribution in [1.82, 2.24) is 4.72 Å². The van der Waals surface area contributed by atoms with Crippen molar-refractivity contribution in [2.45, 2.75) is 11.8 Å². The molecule has 1 aromatic rings. The van der Waals surface area contributed by atoms with E-state index in [4.69, 9.17) is 5.73 Å². The molecule has 0 atom stereocenters. The number of esters is 1. The monoisotopic (exact) mass is 258 g/mol. The van der Waals surface area contributed by atoms with Gasteiger partial charge < -0.3 is 10.5 Å². The Morgan fingerprint density at radius 2 is 2.12 bits per heavy atom. The van der Waals surface area contributed by atoms with E-state index in [-0.39, 0.29) is 22.7 Å². The van der Waals surface area contributed by atoms with Gasteiger partial charge in [-0.05, 0) is 18.2 Å². The Bertz CT molecular complexity index is 525. The van der Waals surface area contributed by atoms with E-state index in [1.165, 1.54) is 25.3 Å². The number of nitrogens with two attached hydrogens (primary N) is 1. The van der Waals surface area contributed by atoms with Crippen LogP contribution in [-0.4, -0.2) is 28.0 Å². The molecule has 0 radical (unpaired) electrons. The summed E-state index contributed by atoms with van der Waals surface area (Å²) in [5, 5.41) is 0. The number of anilines is 1. The molecule has 3 N–H and O–H groups in total. The van der Waals surface area contributed by atoms with Crippen LogP contribution in [0.15, 0.2) is 23.1 Å². The van der Waals surface area contributed by atoms with E-state index in [0.717, 1.165) is 0 Å². The summed E-state index contributed by atoms with van der Waals surface area (Å²) < 4.78 is 30.2. The van der Waals surface area contributed by atoms with Crippen molar-refractivity contribution in [3.63, 3.8) is 0 Å². The summed E-state index contributed by atoms with van der Waals surface area (Å²) >= 11 is 0. The third-order valence-corrected chi connectivity index (χ3v) is 3.62. The van der Waals surface area contributed by atoms with E-state index in [1.807, 2.05) is 0 Å². The van der Waals surface area contributed by atoms with Crippen molar-refractivity contribution in [3.8, 4) is 0 Å². The standard InChI is InChI=1S/C10H14N2O4S/c1-3-12-17(14,15)7-4-5-9(11)8(6-7)10(13)16-2/h4-6,12H,3,11H2,1-2H3. The van der Waals surface area contributed by atoms with Gasteiger partial charge in [-0.2, -0.15) is 0 Å². The first kappa shape index (κ1) is 13.5. The predicted molar refractivity (Wildman–Crippen MR) is 63.1 cm³/mol. The molecule has 0 aliphatic carbocycles. The number of ether oxygens (including phenoxy) is 1. The van der Waals surface area contributed by atoms with Crippen LogP contribution in [0.5, 0.6) is 0 Å². The first-order chi connectivity index (χ1) is 7.92. The first-order valence-electron chi connectivity index (χ1n) is 4.90. The zero-order chi connectivity index (χ0) is 13.1. The Morgan fingerprint density at radius 3 is 2.65 bits per heavy atom. The molecule has 0 aliphatic rings. The normalized spacial score (nSPS) is 11.2. The summed E-state index contributed by atoms with van der Waals surface area (Å²) in [4.78, 5) is 11.3. The number of nitrogen functional groups attached to an aromatic ring is 1. The quantitative estimate of drug-likeness (QED) is 0.600. The third kappa shape index (κ3) is 2.95. The Kier molecular flexibility index (Phi) is 4.08. The minimum Gasteiger partial charge on any atom is -0.465 e. The van der Waals surface area contributed by atoms with Gasteiger partial charge in [-0.25, -0.2) is 17.9 Å². The molecule has 6 nitrogen and oxygen atoms in total. The summed E-state index contributed by atoms with van der Waals surface area (Å²) in [5.41, 5.74) is 5.77. The number of hydrogen-bond donors (Lipinski definition) is 2. The van der Waals surface area contributed by atoms with E-state index in [9.17, 15) is 13.2 Å². The molecular weight excluding hydrogens is 244 g/mol. The smallest absolute Gasteiger partial charge is 0.339 e. The highest BCUT2D eigenvalue weighted by molar-refractivity contribution is 7.89. The fourth-order valence-corrected chi connectivity index (χ4v) is 2.33. The van der Waals surface area contributed by atoms with Crippen molar-refractivity contribution in [1.29, 1.82) is 0 Å². The van der Waals surface area contributed by atoms with Gasteiger partial charge in [0, 0.05) is 12.2 Å². The summed E-state index contributed by atoms with van der Waals surface area (Å²) in [6, 6.07) is 3.88. The van der Waals surface area contributed by atoms with Gasteiger partial charge in [0.2, 0.25) is 10.0 Å². The molecule has 0 aromatic heterocycles. The van der Waals surface area contributed by atoms with E-state index in [0.29, 0.717) is 0 Å². The van der Waals surface area contributed by atoms with Gasteiger partial charge in [0.15, 0.2) is 0 Å². The van der Waals surface area contributed by atoms with Gasteiger partial charge in [-0.3, -0.25) is 0 Å². The van der Waals surface area contributed by atoms with Crippen molar-refractivity contribution in [3.05, 3.63) is 23.8 Å². The van der Waals surface area contributed by atoms with Crippen LogP contribution in [0.1, 0.15) is 17.3 Å². The summed E-state index contributed by atoms with van der Waals surface area (Å²) in [7, 11) is -2.40. The second-order valence-corrected chi connectivity index (χ2v) is 5.01. The SMILES string of the molecule is CCNS(=O)(=O)c1ccc(N)c(C(=O)OC)c1. The first-order valence-corrected chi connectivity index (χ1v) is 6.38. The van der Waals surface area contributed by atoms with Crippen molar-refractivity contribution >= 4 is 21.7 Å². The van der Waals surface area contributed by atoms with Gasteiger partial charge in [0.1, 0.15) is 0 Å². The Hall–Kier alpha value is -1.60. The van der Waals surface area contributed by atoms with Gasteiger partial charge >= 0.3 is 5.97 Å². The molecule has 94 valence electrons. The lowest BCUT2D eigenvalue weighted by atomic mass is 10.2. The number of benzene rings is 1. The maximum Gasteiger partial charge on any atom is 0.339 e. The number of methoxy groups -OCH3 is 1. The zero-order valence-electron chi connectivity index (χ0n) is 9.56. The maximum atomic E-state index is 11.7. The molecule has 17 heavy (non-hydrogen) atoms. The lowest BCUT2D eigenvalue weighted by molar-refractivity contribution is 0.0601. The number of carbonyl (C=O) groups excluding carboxylic acids is 1. The molecular formula is C10H14N2O4S. The third-order valence-electron chi connectivity index (χ3n) is 2.07. The molecule has 1 aromatic carbocycles. The van der Waals surface area contributed by atoms with Gasteiger partial charge in [0.25, 0.3) is 0 Å². The second-order valence-electron chi connectivity index (χ2n) is 3.24. The van der Waals surface area contributed by atoms with Crippen LogP contribution in [0, 0.1) is 0 Å². The maximum absolute atomic E-state index is 11.7. The number of nitrogens with one attached hydrogen (secondary N) is 1. The summed E-state index contributed by atoms with van der Waals surface area (Å²) in [5.74, 6) is -0.670. The largest absolute Gasteiger partial charge is 0.465 e. The fraction of sp³-hybridized carbons (Fsp3) is 0.300. The topological polar surface area (TPSA) is 98.5 Å². The molecule has 0 fully saturated rings. The average Bonchev–Trinajstić information content (AvgIpc) is 2.28. The lowest BCUT2D eigenvalue weighted by Crippen LogP contribution is -2.23. The van der Waals surface area contributed by atoms with Gasteiger partial charge in [-0.15, -0.1) is 0 Å². The number of rotatable bonds is 4. The molecule has 0 spiro atoms. The highest BCUT2D eigenvalue weighted by Crippen LogP contribution is 2.18. The minimum atomic E-state index is -3.60. The Balaban J connectivity index is 3.26. The number of sulfonamides is 1. The van der Waals surface area contributed by atoms with Gasteiger partial charge in [0.05, 0.1) is 17.6 Å². The molecule has 0 saturated heterocycles. The number of hydrogen-bond acceptors (Lipinski definition) is 5. The molecule has 0 unspecified atom stereocenters. The van der Waals surface area contributed by atoms with E-state index in [2.05, 4.69) is 9.46 Å². The van der Waals surface area contributed by atoms with Crippen LogP contribution in [0.25, 0.3) is 0 Å². The molecule has 0 heterocycles. The second kappa shape index (κ2) is 5.15. The summed E-state index contributed by atoms with van der Waals surface area (Å²) in [6.07, 6.45) is 0. The minimum absolute atomic E-state index is 0.0195. The van der Waals surface area contributed by atoms with Crippen LogP contribution >= 0.6 is 0 Å². The van der Waals surface area contributed by atoms with Crippen molar-refractivity contribution in [2.75, 3.05) is 19.4 Å². The Morgan fingerprint density at radius 1 is 1.47 bits per heavy atom. The van der Waals surface area contributed by atoms with Crippen LogP contribution in [-0.2, 0) is 14.8 Å². The van der Waals surface area contributed by atoms with Crippen molar-refractivity contribution in [2.24, 2.45) is 0 Å². The van der Waals surface area contributed by atoms with E-state index >= 15 is 0 Å². The van der Waals surface area contributed by atoms with Crippen LogP contribution in [0.3, 0.4) is 0 Å². The highest BCUT2D eigenvalue weighted by Gasteiger charge is 2.17. The fourth-order valence-electron chi connectivity index (χ4n) is 1.26. The predicted octanol–water partition coefficient (Wildman–Crippen LogP) is 0.354. The van der Waals surface area contributed by atoms with Crippen molar-refractivity contribution < 1.29 is 17.9 Å². The van der Waals surface area contributed by atoms with Crippen LogP contribution in [0.4, 0.5) is 5.69 Å². The molecule has 0 saturated carbocycles. The number of carbonyl (C=O) groups is 1. The average molecular weight is 258 g/mol. The molecule has 7 heteroatoms.